The van der Waals surface area contributed by atoms with E-state index in [1.165, 1.54) is 11.1 Å². The zero-order valence-electron chi connectivity index (χ0n) is 13.5. The molecular weight excluding hydrogens is 250 g/mol. The first kappa shape index (κ1) is 17.0. The average Bonchev–Trinajstić information content (AvgIpc) is 2.39. The first-order chi connectivity index (χ1) is 9.60. The van der Waals surface area contributed by atoms with E-state index in [0.717, 1.165) is 31.7 Å². The number of benzene rings is 1. The summed E-state index contributed by atoms with van der Waals surface area (Å²) in [6, 6.07) is 6.84. The van der Waals surface area contributed by atoms with Crippen molar-refractivity contribution < 1.29 is 9.47 Å². The van der Waals surface area contributed by atoms with Gasteiger partial charge in [-0.2, -0.15) is 0 Å². The van der Waals surface area contributed by atoms with Gasteiger partial charge in [-0.1, -0.05) is 31.5 Å². The first-order valence-electron chi connectivity index (χ1n) is 7.46. The third-order valence-corrected chi connectivity index (χ3v) is 3.53. The zero-order chi connectivity index (χ0) is 15.0. The molecule has 0 saturated heterocycles. The van der Waals surface area contributed by atoms with Crippen molar-refractivity contribution in [3.8, 4) is 5.75 Å². The SMILES string of the molecule is CCNC(Cc1cc(C)ccc1OC)CC(C)COC. The van der Waals surface area contributed by atoms with Crippen LogP contribution in [-0.4, -0.2) is 33.4 Å². The van der Waals surface area contributed by atoms with Crippen LogP contribution in [0.3, 0.4) is 0 Å². The Hall–Kier alpha value is -1.06. The first-order valence-corrected chi connectivity index (χ1v) is 7.46. The van der Waals surface area contributed by atoms with E-state index < -0.39 is 0 Å². The monoisotopic (exact) mass is 279 g/mol. The van der Waals surface area contributed by atoms with E-state index in [2.05, 4.69) is 44.3 Å². The number of hydrogen-bond donors (Lipinski definition) is 1. The maximum Gasteiger partial charge on any atom is 0.122 e. The molecule has 0 fully saturated rings. The van der Waals surface area contributed by atoms with Crippen molar-refractivity contribution in [2.24, 2.45) is 5.92 Å². The van der Waals surface area contributed by atoms with E-state index in [9.17, 15) is 0 Å². The van der Waals surface area contributed by atoms with Gasteiger partial charge in [0.1, 0.15) is 5.75 Å². The number of nitrogens with one attached hydrogen (secondary N) is 1. The lowest BCUT2D eigenvalue weighted by atomic mass is 9.95. The predicted octanol–water partition coefficient (Wildman–Crippen LogP) is 3.20. The highest BCUT2D eigenvalue weighted by Crippen LogP contribution is 2.23. The third kappa shape index (κ3) is 5.51. The van der Waals surface area contributed by atoms with E-state index in [-0.39, 0.29) is 0 Å². The summed E-state index contributed by atoms with van der Waals surface area (Å²) in [6.07, 6.45) is 2.10. The Morgan fingerprint density at radius 3 is 2.60 bits per heavy atom. The second kappa shape index (κ2) is 8.98. The molecule has 0 aliphatic heterocycles. The molecule has 1 aromatic rings. The molecule has 0 spiro atoms. The van der Waals surface area contributed by atoms with Crippen molar-refractivity contribution in [3.05, 3.63) is 29.3 Å². The van der Waals surface area contributed by atoms with Gasteiger partial charge >= 0.3 is 0 Å². The number of methoxy groups -OCH3 is 2. The van der Waals surface area contributed by atoms with Crippen LogP contribution in [0.5, 0.6) is 5.75 Å². The van der Waals surface area contributed by atoms with Crippen LogP contribution >= 0.6 is 0 Å². The Labute approximate surface area is 123 Å². The molecule has 0 heterocycles. The molecule has 1 rings (SSSR count). The smallest absolute Gasteiger partial charge is 0.122 e. The second-order valence-electron chi connectivity index (χ2n) is 5.57. The molecule has 20 heavy (non-hydrogen) atoms. The quantitative estimate of drug-likeness (QED) is 0.753. The van der Waals surface area contributed by atoms with Crippen molar-refractivity contribution in [2.45, 2.75) is 39.7 Å². The van der Waals surface area contributed by atoms with Gasteiger partial charge in [0.25, 0.3) is 0 Å². The summed E-state index contributed by atoms with van der Waals surface area (Å²) in [7, 11) is 3.51. The Bertz CT molecular complexity index is 393. The van der Waals surface area contributed by atoms with Crippen molar-refractivity contribution in [3.63, 3.8) is 0 Å². The van der Waals surface area contributed by atoms with E-state index in [1.54, 1.807) is 14.2 Å². The molecule has 0 aliphatic rings. The molecular formula is C17H29NO2. The topological polar surface area (TPSA) is 30.5 Å². The van der Waals surface area contributed by atoms with E-state index in [0.29, 0.717) is 12.0 Å². The summed E-state index contributed by atoms with van der Waals surface area (Å²) in [6.45, 7) is 8.31. The van der Waals surface area contributed by atoms with Crippen LogP contribution < -0.4 is 10.1 Å². The molecule has 3 heteroatoms. The third-order valence-electron chi connectivity index (χ3n) is 3.53. The highest BCUT2D eigenvalue weighted by Gasteiger charge is 2.15. The normalized spacial score (nSPS) is 14.1. The lowest BCUT2D eigenvalue weighted by Gasteiger charge is -2.22. The molecule has 0 aromatic heterocycles. The minimum Gasteiger partial charge on any atom is -0.496 e. The minimum atomic E-state index is 0.459. The van der Waals surface area contributed by atoms with Crippen molar-refractivity contribution in [1.29, 1.82) is 0 Å². The zero-order valence-corrected chi connectivity index (χ0v) is 13.5. The van der Waals surface area contributed by atoms with Crippen LogP contribution in [0, 0.1) is 12.8 Å². The van der Waals surface area contributed by atoms with Gasteiger partial charge < -0.3 is 14.8 Å². The second-order valence-corrected chi connectivity index (χ2v) is 5.57. The van der Waals surface area contributed by atoms with E-state index >= 15 is 0 Å². The van der Waals surface area contributed by atoms with Gasteiger partial charge in [-0.3, -0.25) is 0 Å². The van der Waals surface area contributed by atoms with Crippen molar-refractivity contribution in [2.75, 3.05) is 27.4 Å². The fraction of sp³-hybridized carbons (Fsp3) is 0.647. The molecule has 0 bridgehead atoms. The highest BCUT2D eigenvalue weighted by atomic mass is 16.5. The van der Waals surface area contributed by atoms with Crippen LogP contribution in [0.1, 0.15) is 31.4 Å². The van der Waals surface area contributed by atoms with Gasteiger partial charge in [-0.05, 0) is 43.9 Å². The van der Waals surface area contributed by atoms with Crippen LogP contribution in [-0.2, 0) is 11.2 Å². The molecule has 0 radical (unpaired) electrons. The van der Waals surface area contributed by atoms with Gasteiger partial charge in [-0.25, -0.2) is 0 Å². The van der Waals surface area contributed by atoms with Crippen LogP contribution in [0.25, 0.3) is 0 Å². The van der Waals surface area contributed by atoms with Crippen LogP contribution in [0.15, 0.2) is 18.2 Å². The maximum absolute atomic E-state index is 5.48. The highest BCUT2D eigenvalue weighted by molar-refractivity contribution is 5.37. The predicted molar refractivity (Wildman–Crippen MR) is 84.6 cm³/mol. The standard InChI is InChI=1S/C17H29NO2/c1-6-18-16(10-14(3)12-19-4)11-15-9-13(2)7-8-17(15)20-5/h7-9,14,16,18H,6,10-12H2,1-5H3. The maximum atomic E-state index is 5.48. The molecule has 1 N–H and O–H groups in total. The lowest BCUT2D eigenvalue weighted by Crippen LogP contribution is -2.33. The largest absolute Gasteiger partial charge is 0.496 e. The van der Waals surface area contributed by atoms with Crippen molar-refractivity contribution >= 4 is 0 Å². The molecule has 3 nitrogen and oxygen atoms in total. The fourth-order valence-corrected chi connectivity index (χ4v) is 2.70. The fourth-order valence-electron chi connectivity index (χ4n) is 2.70. The summed E-state index contributed by atoms with van der Waals surface area (Å²) >= 11 is 0. The van der Waals surface area contributed by atoms with Gasteiger partial charge in [0, 0.05) is 19.8 Å². The van der Waals surface area contributed by atoms with E-state index in [1.807, 2.05) is 0 Å². The summed E-state index contributed by atoms with van der Waals surface area (Å²) in [4.78, 5) is 0. The van der Waals surface area contributed by atoms with Crippen molar-refractivity contribution in [1.82, 2.24) is 5.32 Å². The Balaban J connectivity index is 2.76. The number of likely N-dealkylation sites (N-methyl/N-ethyl adjacent to an activating group) is 1. The minimum absolute atomic E-state index is 0.459. The van der Waals surface area contributed by atoms with Gasteiger partial charge in [0.2, 0.25) is 0 Å². The van der Waals surface area contributed by atoms with Crippen LogP contribution in [0.2, 0.25) is 0 Å². The molecule has 114 valence electrons. The van der Waals surface area contributed by atoms with E-state index in [4.69, 9.17) is 9.47 Å². The summed E-state index contributed by atoms with van der Waals surface area (Å²) in [5, 5.41) is 3.58. The average molecular weight is 279 g/mol. The Morgan fingerprint density at radius 2 is 2.00 bits per heavy atom. The molecule has 0 aliphatic carbocycles. The lowest BCUT2D eigenvalue weighted by molar-refractivity contribution is 0.149. The summed E-state index contributed by atoms with van der Waals surface area (Å²) < 4.78 is 10.7. The molecule has 1 aromatic carbocycles. The summed E-state index contributed by atoms with van der Waals surface area (Å²) in [5.74, 6) is 1.54. The number of ether oxygens (including phenoxy) is 2. The van der Waals surface area contributed by atoms with Gasteiger partial charge in [-0.15, -0.1) is 0 Å². The number of rotatable bonds is 9. The number of aryl methyl sites for hydroxylation is 1. The van der Waals surface area contributed by atoms with Gasteiger partial charge in [0.15, 0.2) is 0 Å². The van der Waals surface area contributed by atoms with Crippen LogP contribution in [0.4, 0.5) is 0 Å². The molecule has 0 amide bonds. The molecule has 2 atom stereocenters. The molecule has 0 saturated carbocycles. The Kier molecular flexibility index (Phi) is 7.63. The van der Waals surface area contributed by atoms with Gasteiger partial charge in [0.05, 0.1) is 7.11 Å². The summed E-state index contributed by atoms with van der Waals surface area (Å²) in [5.41, 5.74) is 2.56. The number of hydrogen-bond acceptors (Lipinski definition) is 3. The molecule has 2 unspecified atom stereocenters. The Morgan fingerprint density at radius 1 is 1.25 bits per heavy atom.